The van der Waals surface area contributed by atoms with Crippen LogP contribution in [0, 0.1) is 13.8 Å². The molecule has 0 bridgehead atoms. The average molecular weight is 371 g/mol. The van der Waals surface area contributed by atoms with Crippen molar-refractivity contribution in [2.24, 2.45) is 0 Å². The minimum absolute atomic E-state index is 0.124. The molecule has 0 fully saturated rings. The number of furan rings is 1. The molecule has 0 saturated heterocycles. The number of rotatable bonds is 7. The van der Waals surface area contributed by atoms with Gasteiger partial charge in [-0.1, -0.05) is 12.1 Å². The first kappa shape index (κ1) is 18.7. The third-order valence-corrected chi connectivity index (χ3v) is 7.32. The number of hydrogen-bond donors (Lipinski definition) is 1. The van der Waals surface area contributed by atoms with E-state index in [2.05, 4.69) is 4.72 Å². The zero-order valence-corrected chi connectivity index (χ0v) is 15.4. The molecule has 2 aromatic rings. The molecule has 0 unspecified atom stereocenters. The minimum Gasteiger partial charge on any atom is -0.468 e. The summed E-state index contributed by atoms with van der Waals surface area (Å²) in [6, 6.07) is 8.27. The minimum atomic E-state index is -3.83. The predicted octanol–water partition coefficient (Wildman–Crippen LogP) is 2.35. The molecule has 1 aromatic heterocycles. The summed E-state index contributed by atoms with van der Waals surface area (Å²) >= 11 is 0. The third-order valence-electron chi connectivity index (χ3n) is 3.75. The second-order valence-electron chi connectivity index (χ2n) is 5.57. The van der Waals surface area contributed by atoms with Gasteiger partial charge in [0.2, 0.25) is 10.0 Å². The van der Waals surface area contributed by atoms with Crippen molar-refractivity contribution in [1.82, 2.24) is 4.72 Å². The molecular formula is C16H21NO5S2. The summed E-state index contributed by atoms with van der Waals surface area (Å²) in [4.78, 5) is 0.180. The molecule has 6 nitrogen and oxygen atoms in total. The Morgan fingerprint density at radius 3 is 2.42 bits per heavy atom. The molecule has 1 N–H and O–H groups in total. The van der Waals surface area contributed by atoms with Crippen molar-refractivity contribution in [3.8, 4) is 0 Å². The molecule has 0 aliphatic carbocycles. The first-order valence-electron chi connectivity index (χ1n) is 7.49. The summed E-state index contributed by atoms with van der Waals surface area (Å²) in [5.74, 6) is 0.0798. The SMILES string of the molecule is CCS(=O)(=O)NC[C@H](c1ccco1)S(=O)(=O)c1cc(C)ccc1C. The van der Waals surface area contributed by atoms with E-state index in [4.69, 9.17) is 4.42 Å². The van der Waals surface area contributed by atoms with Crippen LogP contribution in [0.5, 0.6) is 0 Å². The highest BCUT2D eigenvalue weighted by Gasteiger charge is 2.33. The fraction of sp³-hybridized carbons (Fsp3) is 0.375. The van der Waals surface area contributed by atoms with Gasteiger partial charge in [-0.05, 0) is 50.1 Å². The smallest absolute Gasteiger partial charge is 0.211 e. The fourth-order valence-corrected chi connectivity index (χ4v) is 4.96. The largest absolute Gasteiger partial charge is 0.468 e. The summed E-state index contributed by atoms with van der Waals surface area (Å²) in [6.07, 6.45) is 1.37. The zero-order valence-electron chi connectivity index (χ0n) is 13.8. The molecule has 0 spiro atoms. The number of benzene rings is 1. The number of aryl methyl sites for hydroxylation is 2. The van der Waals surface area contributed by atoms with Crippen molar-refractivity contribution in [2.75, 3.05) is 12.3 Å². The fourth-order valence-electron chi connectivity index (χ4n) is 2.31. The highest BCUT2D eigenvalue weighted by molar-refractivity contribution is 7.92. The maximum atomic E-state index is 13.1. The van der Waals surface area contributed by atoms with Crippen LogP contribution in [-0.4, -0.2) is 29.1 Å². The van der Waals surface area contributed by atoms with Crippen molar-refractivity contribution < 1.29 is 21.3 Å². The van der Waals surface area contributed by atoms with Crippen LogP contribution in [0.15, 0.2) is 45.9 Å². The highest BCUT2D eigenvalue weighted by Crippen LogP contribution is 2.31. The van der Waals surface area contributed by atoms with Crippen molar-refractivity contribution in [2.45, 2.75) is 30.9 Å². The molecule has 0 aliphatic heterocycles. The van der Waals surface area contributed by atoms with E-state index in [1.807, 2.05) is 6.07 Å². The van der Waals surface area contributed by atoms with Gasteiger partial charge in [0.1, 0.15) is 11.0 Å². The summed E-state index contributed by atoms with van der Waals surface area (Å²) in [7, 11) is -7.35. The molecule has 8 heteroatoms. The Morgan fingerprint density at radius 2 is 1.83 bits per heavy atom. The Balaban J connectivity index is 2.48. The Kier molecular flexibility index (Phi) is 5.52. The van der Waals surface area contributed by atoms with Crippen LogP contribution in [0.25, 0.3) is 0 Å². The Hall–Kier alpha value is -1.64. The van der Waals surface area contributed by atoms with Gasteiger partial charge in [0, 0.05) is 6.54 Å². The van der Waals surface area contributed by atoms with Gasteiger partial charge in [0.25, 0.3) is 0 Å². The molecule has 0 saturated carbocycles. The molecule has 132 valence electrons. The van der Waals surface area contributed by atoms with Crippen molar-refractivity contribution in [3.63, 3.8) is 0 Å². The maximum Gasteiger partial charge on any atom is 0.211 e. The van der Waals surface area contributed by atoms with E-state index in [9.17, 15) is 16.8 Å². The van der Waals surface area contributed by atoms with E-state index >= 15 is 0 Å². The van der Waals surface area contributed by atoms with Crippen LogP contribution in [0.3, 0.4) is 0 Å². The summed E-state index contributed by atoms with van der Waals surface area (Å²) in [6.45, 7) is 4.73. The number of hydrogen-bond acceptors (Lipinski definition) is 5. The molecule has 0 radical (unpaired) electrons. The third kappa shape index (κ3) is 4.06. The lowest BCUT2D eigenvalue weighted by Gasteiger charge is -2.18. The number of nitrogens with one attached hydrogen (secondary N) is 1. The van der Waals surface area contributed by atoms with E-state index in [1.165, 1.54) is 19.3 Å². The molecule has 2 rings (SSSR count). The van der Waals surface area contributed by atoms with Gasteiger partial charge < -0.3 is 4.42 Å². The molecule has 24 heavy (non-hydrogen) atoms. The summed E-state index contributed by atoms with van der Waals surface area (Å²) in [5.41, 5.74) is 1.42. The zero-order chi connectivity index (χ0) is 18.0. The molecule has 1 atom stereocenters. The van der Waals surface area contributed by atoms with E-state index in [1.54, 1.807) is 32.0 Å². The first-order valence-corrected chi connectivity index (χ1v) is 10.7. The Morgan fingerprint density at radius 1 is 1.12 bits per heavy atom. The number of sulfone groups is 1. The summed E-state index contributed by atoms with van der Waals surface area (Å²) in [5, 5.41) is -1.13. The molecule has 1 aromatic carbocycles. The van der Waals surface area contributed by atoms with Crippen LogP contribution in [-0.2, 0) is 19.9 Å². The predicted molar refractivity (Wildman–Crippen MR) is 92.0 cm³/mol. The van der Waals surface area contributed by atoms with E-state index < -0.39 is 25.1 Å². The van der Waals surface area contributed by atoms with Gasteiger partial charge in [-0.2, -0.15) is 0 Å². The Bertz CT molecular complexity index is 900. The quantitative estimate of drug-likeness (QED) is 0.806. The average Bonchev–Trinajstić information content (AvgIpc) is 3.03. The second-order valence-corrected chi connectivity index (χ2v) is 9.76. The van der Waals surface area contributed by atoms with E-state index in [-0.39, 0.29) is 23.0 Å². The first-order chi connectivity index (χ1) is 11.2. The van der Waals surface area contributed by atoms with E-state index in [0.29, 0.717) is 5.56 Å². The molecule has 1 heterocycles. The van der Waals surface area contributed by atoms with Crippen LogP contribution < -0.4 is 4.72 Å². The monoisotopic (exact) mass is 371 g/mol. The highest BCUT2D eigenvalue weighted by atomic mass is 32.2. The summed E-state index contributed by atoms with van der Waals surface area (Å²) < 4.78 is 57.3. The maximum absolute atomic E-state index is 13.1. The lowest BCUT2D eigenvalue weighted by atomic mass is 10.2. The van der Waals surface area contributed by atoms with Crippen molar-refractivity contribution >= 4 is 19.9 Å². The van der Waals surface area contributed by atoms with Gasteiger partial charge >= 0.3 is 0 Å². The standard InChI is InChI=1S/C16H21NO5S2/c1-4-23(18,19)17-11-16(14-6-5-9-22-14)24(20,21)15-10-12(2)7-8-13(15)3/h5-10,16-17H,4,11H2,1-3H3/t16-/m1/s1. The topological polar surface area (TPSA) is 93.4 Å². The Labute approximate surface area is 142 Å². The van der Waals surface area contributed by atoms with Gasteiger partial charge in [-0.15, -0.1) is 0 Å². The van der Waals surface area contributed by atoms with Crippen LogP contribution >= 0.6 is 0 Å². The van der Waals surface area contributed by atoms with Crippen LogP contribution in [0.2, 0.25) is 0 Å². The van der Waals surface area contributed by atoms with Crippen LogP contribution in [0.1, 0.15) is 29.1 Å². The van der Waals surface area contributed by atoms with Gasteiger partial charge in [0.15, 0.2) is 9.84 Å². The molecule has 0 aliphatic rings. The van der Waals surface area contributed by atoms with E-state index in [0.717, 1.165) is 5.56 Å². The van der Waals surface area contributed by atoms with Gasteiger partial charge in [0.05, 0.1) is 16.9 Å². The lowest BCUT2D eigenvalue weighted by molar-refractivity contribution is 0.486. The van der Waals surface area contributed by atoms with Gasteiger partial charge in [-0.3, -0.25) is 0 Å². The van der Waals surface area contributed by atoms with Crippen molar-refractivity contribution in [3.05, 3.63) is 53.5 Å². The lowest BCUT2D eigenvalue weighted by Crippen LogP contribution is -2.33. The second kappa shape index (κ2) is 7.08. The van der Waals surface area contributed by atoms with Crippen LogP contribution in [0.4, 0.5) is 0 Å². The molecule has 0 amide bonds. The van der Waals surface area contributed by atoms with Gasteiger partial charge in [-0.25, -0.2) is 21.6 Å². The number of sulfonamides is 1. The van der Waals surface area contributed by atoms with Crippen molar-refractivity contribution in [1.29, 1.82) is 0 Å². The molecular weight excluding hydrogens is 350 g/mol. The normalized spacial score (nSPS) is 13.8.